The Morgan fingerprint density at radius 1 is 0.606 bits per heavy atom. The van der Waals surface area contributed by atoms with Gasteiger partial charge in [-0.3, -0.25) is 4.79 Å². The quantitative estimate of drug-likeness (QED) is 0.0532. The normalized spacial score (nSPS) is 55.2. The van der Waals surface area contributed by atoms with Gasteiger partial charge in [-0.05, 0) is 93.5 Å². The van der Waals surface area contributed by atoms with E-state index in [1.807, 2.05) is 6.92 Å². The molecule has 4 aliphatic heterocycles. The van der Waals surface area contributed by atoms with Crippen LogP contribution in [0.2, 0.25) is 0 Å². The Morgan fingerprint density at radius 3 is 1.74 bits per heavy atom. The van der Waals surface area contributed by atoms with E-state index < -0.39 is 165 Å². The van der Waals surface area contributed by atoms with Crippen molar-refractivity contribution in [3.8, 4) is 0 Å². The van der Waals surface area contributed by atoms with Gasteiger partial charge >= 0.3 is 5.97 Å². The number of hydrogen-bond donors (Lipinski definition) is 13. The van der Waals surface area contributed by atoms with Gasteiger partial charge in [0.15, 0.2) is 18.9 Å². The maximum Gasteiger partial charge on any atom is 0.314 e. The Labute approximate surface area is 381 Å². The molecular formula is C44H70O22. The SMILES string of the molecule is C=C1C[C@@]23CCC4[C@](C)(C(=O)OC5OC(CO)C(O)C(O)C5O)CCC[C@@]4(C)[C@@H]2CCC1(OC1OC(CO)C(O)C(OC2OC(CO)C(O)C(O)C2O)C1OC1OC(C)C(O)C(O)C1O)C3. The molecule has 378 valence electrons. The summed E-state index contributed by atoms with van der Waals surface area (Å²) < 4.78 is 48.4. The number of ether oxygens (including phenoxy) is 8. The molecular weight excluding hydrogens is 880 g/mol. The van der Waals surface area contributed by atoms with Crippen LogP contribution in [0.3, 0.4) is 0 Å². The van der Waals surface area contributed by atoms with Crippen molar-refractivity contribution in [2.45, 2.75) is 207 Å². The lowest BCUT2D eigenvalue weighted by molar-refractivity contribution is -0.398. The second-order valence-electron chi connectivity index (χ2n) is 20.8. The summed E-state index contributed by atoms with van der Waals surface area (Å²) in [6.45, 7) is 7.77. The molecule has 13 N–H and O–H groups in total. The largest absolute Gasteiger partial charge is 0.432 e. The molecule has 8 rings (SSSR count). The van der Waals surface area contributed by atoms with Gasteiger partial charge in [-0.15, -0.1) is 0 Å². The second kappa shape index (κ2) is 18.9. The van der Waals surface area contributed by atoms with E-state index in [0.29, 0.717) is 51.4 Å². The lowest BCUT2D eigenvalue weighted by Crippen LogP contribution is -2.67. The van der Waals surface area contributed by atoms with Crippen molar-refractivity contribution in [3.63, 3.8) is 0 Å². The molecule has 4 saturated heterocycles. The fraction of sp³-hybridized carbons (Fsp3) is 0.932. The Kier molecular flexibility index (Phi) is 14.5. The number of fused-ring (bicyclic) bond motifs is 3. The molecule has 0 aromatic heterocycles. The molecule has 22 heteroatoms. The fourth-order valence-electron chi connectivity index (χ4n) is 13.4. The van der Waals surface area contributed by atoms with Gasteiger partial charge in [0.2, 0.25) is 6.29 Å². The van der Waals surface area contributed by atoms with Crippen LogP contribution in [0, 0.1) is 28.1 Å². The molecule has 4 saturated carbocycles. The van der Waals surface area contributed by atoms with Crippen LogP contribution in [0.25, 0.3) is 0 Å². The fourth-order valence-corrected chi connectivity index (χ4v) is 13.4. The van der Waals surface area contributed by atoms with Crippen molar-refractivity contribution in [3.05, 3.63) is 12.2 Å². The van der Waals surface area contributed by atoms with Crippen LogP contribution in [0.5, 0.6) is 0 Å². The molecule has 0 aromatic carbocycles. The van der Waals surface area contributed by atoms with Crippen LogP contribution in [0.15, 0.2) is 12.2 Å². The van der Waals surface area contributed by atoms with E-state index in [1.54, 1.807) is 0 Å². The third-order valence-corrected chi connectivity index (χ3v) is 17.0. The number of rotatable bonds is 11. The first-order valence-electron chi connectivity index (χ1n) is 23.2. The minimum Gasteiger partial charge on any atom is -0.432 e. The summed E-state index contributed by atoms with van der Waals surface area (Å²) in [5.74, 6) is -0.750. The summed E-state index contributed by atoms with van der Waals surface area (Å²) >= 11 is 0. The van der Waals surface area contributed by atoms with E-state index in [9.17, 15) is 71.2 Å². The van der Waals surface area contributed by atoms with Crippen molar-refractivity contribution in [1.29, 1.82) is 0 Å². The van der Waals surface area contributed by atoms with E-state index >= 15 is 0 Å². The molecule has 0 radical (unpaired) electrons. The molecule has 1 spiro atoms. The van der Waals surface area contributed by atoms with Gasteiger partial charge in [-0.25, -0.2) is 0 Å². The highest BCUT2D eigenvalue weighted by Crippen LogP contribution is 2.73. The zero-order valence-electron chi connectivity index (χ0n) is 37.4. The van der Waals surface area contributed by atoms with Crippen LogP contribution in [0.1, 0.15) is 78.6 Å². The Balaban J connectivity index is 1.06. The van der Waals surface area contributed by atoms with Gasteiger partial charge in [-0.2, -0.15) is 0 Å². The van der Waals surface area contributed by atoms with Crippen molar-refractivity contribution in [2.24, 2.45) is 28.1 Å². The predicted molar refractivity (Wildman–Crippen MR) is 218 cm³/mol. The first-order chi connectivity index (χ1) is 31.1. The van der Waals surface area contributed by atoms with E-state index in [0.717, 1.165) is 12.0 Å². The highest BCUT2D eigenvalue weighted by atomic mass is 16.8. The summed E-state index contributed by atoms with van der Waals surface area (Å²) in [7, 11) is 0. The lowest BCUT2D eigenvalue weighted by Gasteiger charge is -2.64. The highest BCUT2D eigenvalue weighted by Gasteiger charge is 2.70. The van der Waals surface area contributed by atoms with Crippen LogP contribution in [-0.4, -0.2) is 221 Å². The van der Waals surface area contributed by atoms with Gasteiger partial charge in [0.1, 0.15) is 91.6 Å². The van der Waals surface area contributed by atoms with Gasteiger partial charge in [0, 0.05) is 0 Å². The molecule has 4 aliphatic carbocycles. The lowest BCUT2D eigenvalue weighted by atomic mass is 9.41. The zero-order chi connectivity index (χ0) is 48.0. The van der Waals surface area contributed by atoms with Crippen molar-refractivity contribution in [2.75, 3.05) is 19.8 Å². The average Bonchev–Trinajstić information content (AvgIpc) is 3.48. The van der Waals surface area contributed by atoms with E-state index in [-0.39, 0.29) is 17.3 Å². The van der Waals surface area contributed by atoms with E-state index in [4.69, 9.17) is 37.9 Å². The van der Waals surface area contributed by atoms with Crippen molar-refractivity contribution in [1.82, 2.24) is 0 Å². The van der Waals surface area contributed by atoms with E-state index in [1.165, 1.54) is 6.92 Å². The number of aliphatic hydroxyl groups excluding tert-OH is 13. The summed E-state index contributed by atoms with van der Waals surface area (Å²) in [6, 6.07) is 0. The first-order valence-corrected chi connectivity index (χ1v) is 23.2. The molecule has 8 aliphatic rings. The number of carbonyl (C=O) groups is 1. The molecule has 0 aromatic rings. The minimum absolute atomic E-state index is 0.0493. The van der Waals surface area contributed by atoms with Crippen LogP contribution >= 0.6 is 0 Å². The number of esters is 1. The number of aliphatic hydroxyl groups is 13. The average molecular weight is 951 g/mol. The summed E-state index contributed by atoms with van der Waals surface area (Å²) in [6.07, 6.45) is -27.4. The van der Waals surface area contributed by atoms with Crippen LogP contribution in [0.4, 0.5) is 0 Å². The molecule has 2 bridgehead atoms. The minimum atomic E-state index is -1.92. The maximum atomic E-state index is 14.3. The van der Waals surface area contributed by atoms with E-state index in [2.05, 4.69) is 13.5 Å². The molecule has 4 heterocycles. The van der Waals surface area contributed by atoms with Gasteiger partial charge in [0.05, 0.1) is 36.9 Å². The number of hydrogen-bond acceptors (Lipinski definition) is 22. The van der Waals surface area contributed by atoms with Crippen molar-refractivity contribution < 1.29 is 109 Å². The summed E-state index contributed by atoms with van der Waals surface area (Å²) in [4.78, 5) is 14.3. The highest BCUT2D eigenvalue weighted by molar-refractivity contribution is 5.77. The molecule has 66 heavy (non-hydrogen) atoms. The smallest absolute Gasteiger partial charge is 0.314 e. The third kappa shape index (κ3) is 8.30. The monoisotopic (exact) mass is 950 g/mol. The number of carbonyl (C=O) groups excluding carboxylic acids is 1. The Morgan fingerprint density at radius 2 is 1.12 bits per heavy atom. The molecule has 0 amide bonds. The Bertz CT molecular complexity index is 1740. The molecule has 26 atom stereocenters. The molecule has 8 fully saturated rings. The molecule has 22 unspecified atom stereocenters. The van der Waals surface area contributed by atoms with Crippen LogP contribution in [-0.2, 0) is 42.7 Å². The first kappa shape index (κ1) is 50.8. The maximum absolute atomic E-state index is 14.3. The van der Waals surface area contributed by atoms with Gasteiger partial charge < -0.3 is 104 Å². The Hall–Kier alpha value is -1.59. The van der Waals surface area contributed by atoms with Gasteiger partial charge in [0.25, 0.3) is 0 Å². The zero-order valence-corrected chi connectivity index (χ0v) is 37.4. The summed E-state index contributed by atoms with van der Waals surface area (Å²) in [5.41, 5.74) is -2.19. The van der Waals surface area contributed by atoms with Crippen molar-refractivity contribution >= 4 is 5.97 Å². The standard InChI is InChI=1S/C44H70O22/c1-17-12-43-10-6-22-41(3,8-5-9-42(22,4)40(58)65-38-33(57)30(54)26(50)20(14-46)61-38)23(43)7-11-44(17,16-43)66-39-35(64-36-31(55)28(52)24(48)18(2)59-36)34(27(51)21(15-47)62-39)63-37-32(56)29(53)25(49)19(13-45)60-37/h18-39,45-57H,1,5-16H2,2-4H3/t18?,19?,20?,21?,22?,23-,24?,25?,26?,27?,28?,29?,30?,31?,32?,33?,34?,35?,36?,37?,38?,39?,41+,42+,43+,44?/m0/s1. The third-order valence-electron chi connectivity index (χ3n) is 17.0. The second-order valence-corrected chi connectivity index (χ2v) is 20.8. The topological polar surface area (TPSA) is 354 Å². The van der Waals surface area contributed by atoms with Gasteiger partial charge in [-0.1, -0.05) is 19.9 Å². The van der Waals surface area contributed by atoms with Crippen LogP contribution < -0.4 is 0 Å². The summed E-state index contributed by atoms with van der Waals surface area (Å²) in [5, 5.41) is 137. The predicted octanol–water partition coefficient (Wildman–Crippen LogP) is -4.09. The molecule has 22 nitrogen and oxygen atoms in total.